The summed E-state index contributed by atoms with van der Waals surface area (Å²) in [6.07, 6.45) is 2.65. The molecule has 1 aliphatic heterocycles. The number of fused-ring (bicyclic) bond motifs is 2. The molecule has 0 amide bonds. The minimum atomic E-state index is 0.598. The fraction of sp³-hybridized carbons (Fsp3) is 0.700. The van der Waals surface area contributed by atoms with Crippen molar-refractivity contribution in [2.24, 2.45) is 5.92 Å². The standard InChI is InChI=1S/C10H14N2O/c1-6-4-9(13-12-6)10-7-2-3-8(10)11-5-7/h4,7-8,10-11H,2-3,5H2,1H3. The van der Waals surface area contributed by atoms with Crippen molar-refractivity contribution >= 4 is 0 Å². The van der Waals surface area contributed by atoms with Crippen LogP contribution in [-0.4, -0.2) is 17.7 Å². The Hall–Kier alpha value is -0.830. The first-order valence-corrected chi connectivity index (χ1v) is 5.01. The molecule has 2 bridgehead atoms. The first-order valence-electron chi connectivity index (χ1n) is 5.01. The highest BCUT2D eigenvalue weighted by Crippen LogP contribution is 2.43. The van der Waals surface area contributed by atoms with Gasteiger partial charge in [0.2, 0.25) is 0 Å². The van der Waals surface area contributed by atoms with Gasteiger partial charge in [0, 0.05) is 18.0 Å². The number of aryl methyl sites for hydroxylation is 1. The van der Waals surface area contributed by atoms with Crippen molar-refractivity contribution in [3.8, 4) is 0 Å². The monoisotopic (exact) mass is 178 g/mol. The summed E-state index contributed by atoms with van der Waals surface area (Å²) >= 11 is 0. The Kier molecular flexibility index (Phi) is 1.50. The summed E-state index contributed by atoms with van der Waals surface area (Å²) in [5.41, 5.74) is 1.00. The zero-order valence-electron chi connectivity index (χ0n) is 7.79. The number of rotatable bonds is 1. The van der Waals surface area contributed by atoms with E-state index in [-0.39, 0.29) is 0 Å². The SMILES string of the molecule is Cc1cc(C2C3CCC2NC3)on1. The summed E-state index contributed by atoms with van der Waals surface area (Å²) in [5, 5.41) is 7.48. The van der Waals surface area contributed by atoms with Crippen LogP contribution in [0.1, 0.15) is 30.2 Å². The van der Waals surface area contributed by atoms with Crippen LogP contribution in [0, 0.1) is 12.8 Å². The van der Waals surface area contributed by atoms with E-state index in [4.69, 9.17) is 4.52 Å². The average Bonchev–Trinajstić information content (AvgIpc) is 2.78. The molecule has 1 aromatic rings. The molecule has 2 heterocycles. The number of nitrogens with zero attached hydrogens (tertiary/aromatic N) is 1. The molecular weight excluding hydrogens is 164 g/mol. The van der Waals surface area contributed by atoms with Crippen LogP contribution in [0.3, 0.4) is 0 Å². The maximum Gasteiger partial charge on any atom is 0.141 e. The van der Waals surface area contributed by atoms with Crippen LogP contribution in [0.25, 0.3) is 0 Å². The normalized spacial score (nSPS) is 37.2. The second-order valence-electron chi connectivity index (χ2n) is 4.25. The van der Waals surface area contributed by atoms with Crippen molar-refractivity contribution in [2.75, 3.05) is 6.54 Å². The van der Waals surface area contributed by atoms with E-state index < -0.39 is 0 Å². The van der Waals surface area contributed by atoms with Gasteiger partial charge in [-0.1, -0.05) is 5.16 Å². The van der Waals surface area contributed by atoms with Crippen LogP contribution in [0.15, 0.2) is 10.6 Å². The van der Waals surface area contributed by atoms with Crippen LogP contribution >= 0.6 is 0 Å². The Balaban J connectivity index is 1.93. The van der Waals surface area contributed by atoms with Gasteiger partial charge in [-0.15, -0.1) is 0 Å². The van der Waals surface area contributed by atoms with Gasteiger partial charge in [-0.2, -0.15) is 0 Å². The van der Waals surface area contributed by atoms with Gasteiger partial charge in [0.05, 0.1) is 5.69 Å². The molecule has 3 rings (SSSR count). The van der Waals surface area contributed by atoms with E-state index in [9.17, 15) is 0 Å². The fourth-order valence-electron chi connectivity index (χ4n) is 2.81. The summed E-state index contributed by atoms with van der Waals surface area (Å²) < 4.78 is 5.34. The summed E-state index contributed by atoms with van der Waals surface area (Å²) in [6.45, 7) is 3.15. The van der Waals surface area contributed by atoms with E-state index in [0.29, 0.717) is 12.0 Å². The van der Waals surface area contributed by atoms with Gasteiger partial charge >= 0.3 is 0 Å². The molecule has 1 aromatic heterocycles. The lowest BCUT2D eigenvalue weighted by molar-refractivity contribution is 0.343. The second-order valence-corrected chi connectivity index (χ2v) is 4.25. The summed E-state index contributed by atoms with van der Waals surface area (Å²) in [6, 6.07) is 2.74. The highest BCUT2D eigenvalue weighted by molar-refractivity contribution is 5.18. The Morgan fingerprint density at radius 3 is 2.92 bits per heavy atom. The van der Waals surface area contributed by atoms with E-state index in [2.05, 4.69) is 16.5 Å². The Morgan fingerprint density at radius 1 is 1.54 bits per heavy atom. The van der Waals surface area contributed by atoms with Crippen LogP contribution in [0.4, 0.5) is 0 Å². The topological polar surface area (TPSA) is 38.1 Å². The quantitative estimate of drug-likeness (QED) is 0.707. The lowest BCUT2D eigenvalue weighted by atomic mass is 9.95. The van der Waals surface area contributed by atoms with Gasteiger partial charge in [-0.25, -0.2) is 0 Å². The van der Waals surface area contributed by atoms with E-state index in [1.165, 1.54) is 12.8 Å². The Bertz CT molecular complexity index is 300. The van der Waals surface area contributed by atoms with E-state index >= 15 is 0 Å². The Labute approximate surface area is 77.5 Å². The van der Waals surface area contributed by atoms with Crippen molar-refractivity contribution in [1.82, 2.24) is 10.5 Å². The molecule has 70 valence electrons. The predicted molar refractivity (Wildman–Crippen MR) is 48.5 cm³/mol. The summed E-state index contributed by atoms with van der Waals surface area (Å²) in [5.74, 6) is 2.48. The molecule has 1 aliphatic carbocycles. The predicted octanol–water partition coefficient (Wildman–Crippen LogP) is 1.45. The molecular formula is C10H14N2O. The Morgan fingerprint density at radius 2 is 2.46 bits per heavy atom. The third-order valence-electron chi connectivity index (χ3n) is 3.41. The van der Waals surface area contributed by atoms with Gasteiger partial charge in [-0.05, 0) is 32.2 Å². The van der Waals surface area contributed by atoms with E-state index in [1.807, 2.05) is 6.92 Å². The number of piperidine rings is 1. The first-order chi connectivity index (χ1) is 6.34. The maximum atomic E-state index is 5.34. The van der Waals surface area contributed by atoms with Gasteiger partial charge in [-0.3, -0.25) is 0 Å². The zero-order valence-corrected chi connectivity index (χ0v) is 7.79. The minimum absolute atomic E-state index is 0.598. The molecule has 0 spiro atoms. The van der Waals surface area contributed by atoms with Crippen LogP contribution in [0.2, 0.25) is 0 Å². The molecule has 2 aliphatic rings. The minimum Gasteiger partial charge on any atom is -0.361 e. The van der Waals surface area contributed by atoms with E-state index in [1.54, 1.807) is 0 Å². The zero-order chi connectivity index (χ0) is 8.84. The molecule has 1 saturated carbocycles. The highest BCUT2D eigenvalue weighted by Gasteiger charge is 2.44. The number of nitrogens with one attached hydrogen (secondary N) is 1. The van der Waals surface area contributed by atoms with Gasteiger partial charge in [0.15, 0.2) is 0 Å². The van der Waals surface area contributed by atoms with Crippen LogP contribution in [-0.2, 0) is 0 Å². The molecule has 0 aromatic carbocycles. The smallest absolute Gasteiger partial charge is 0.141 e. The number of aromatic nitrogens is 1. The van der Waals surface area contributed by atoms with Crippen molar-refractivity contribution in [3.05, 3.63) is 17.5 Å². The van der Waals surface area contributed by atoms with Gasteiger partial charge in [0.1, 0.15) is 5.76 Å². The van der Waals surface area contributed by atoms with Crippen molar-refractivity contribution in [3.63, 3.8) is 0 Å². The first kappa shape index (κ1) is 7.56. The van der Waals surface area contributed by atoms with Crippen molar-refractivity contribution < 1.29 is 4.52 Å². The fourth-order valence-corrected chi connectivity index (χ4v) is 2.81. The van der Waals surface area contributed by atoms with Crippen LogP contribution < -0.4 is 5.32 Å². The van der Waals surface area contributed by atoms with Gasteiger partial charge in [0.25, 0.3) is 0 Å². The lowest BCUT2D eigenvalue weighted by Gasteiger charge is -2.09. The van der Waals surface area contributed by atoms with E-state index in [0.717, 1.165) is 23.9 Å². The molecule has 1 N–H and O–H groups in total. The number of hydrogen-bond donors (Lipinski definition) is 1. The maximum absolute atomic E-state index is 5.34. The third-order valence-corrected chi connectivity index (χ3v) is 3.41. The molecule has 3 unspecified atom stereocenters. The molecule has 2 fully saturated rings. The van der Waals surface area contributed by atoms with Crippen LogP contribution in [0.5, 0.6) is 0 Å². The summed E-state index contributed by atoms with van der Waals surface area (Å²) in [7, 11) is 0. The van der Waals surface area contributed by atoms with Crippen molar-refractivity contribution in [2.45, 2.75) is 31.7 Å². The lowest BCUT2D eigenvalue weighted by Crippen LogP contribution is -2.25. The largest absolute Gasteiger partial charge is 0.361 e. The molecule has 3 nitrogen and oxygen atoms in total. The molecule has 3 heteroatoms. The summed E-state index contributed by atoms with van der Waals surface area (Å²) in [4.78, 5) is 0. The van der Waals surface area contributed by atoms with Crippen molar-refractivity contribution in [1.29, 1.82) is 0 Å². The number of hydrogen-bond acceptors (Lipinski definition) is 3. The third kappa shape index (κ3) is 1.03. The molecule has 1 saturated heterocycles. The highest BCUT2D eigenvalue weighted by atomic mass is 16.5. The average molecular weight is 178 g/mol. The molecule has 13 heavy (non-hydrogen) atoms. The van der Waals surface area contributed by atoms with Gasteiger partial charge < -0.3 is 9.84 Å². The molecule has 3 atom stereocenters. The second kappa shape index (κ2) is 2.58. The molecule has 0 radical (unpaired) electrons.